The summed E-state index contributed by atoms with van der Waals surface area (Å²) in [6.45, 7) is 7.34. The van der Waals surface area contributed by atoms with Crippen LogP contribution in [-0.4, -0.2) is 6.54 Å². The molecule has 1 nitrogen and oxygen atoms in total. The van der Waals surface area contributed by atoms with E-state index < -0.39 is 0 Å². The third-order valence-electron chi connectivity index (χ3n) is 2.84. The molecule has 0 spiro atoms. The topological polar surface area (TPSA) is 12.0 Å². The molecular weight excluding hydrogens is 189 g/mol. The predicted molar refractivity (Wildman–Crippen MR) is 62.3 cm³/mol. The van der Waals surface area contributed by atoms with Gasteiger partial charge in [-0.05, 0) is 30.2 Å². The van der Waals surface area contributed by atoms with Gasteiger partial charge in [0, 0.05) is 6.04 Å². The van der Waals surface area contributed by atoms with Gasteiger partial charge in [0.1, 0.15) is 5.82 Å². The minimum absolute atomic E-state index is 0.154. The normalized spacial score (nSPS) is 14.9. The lowest BCUT2D eigenvalue weighted by Gasteiger charge is -2.24. The molecule has 0 bridgehead atoms. The largest absolute Gasteiger partial charge is 0.310 e. The first-order chi connectivity index (χ1) is 7.19. The number of rotatable bonds is 5. The summed E-state index contributed by atoms with van der Waals surface area (Å²) in [5.74, 6) is 0.366. The summed E-state index contributed by atoms with van der Waals surface area (Å²) in [7, 11) is 0. The lowest BCUT2D eigenvalue weighted by molar-refractivity contribution is 0.382. The molecule has 0 aliphatic heterocycles. The van der Waals surface area contributed by atoms with E-state index in [4.69, 9.17) is 0 Å². The Labute approximate surface area is 91.7 Å². The van der Waals surface area contributed by atoms with Crippen LogP contribution in [0.15, 0.2) is 24.3 Å². The maximum atomic E-state index is 13.1. The fourth-order valence-electron chi connectivity index (χ4n) is 1.80. The molecule has 1 aromatic carbocycles. The van der Waals surface area contributed by atoms with Crippen molar-refractivity contribution in [1.29, 1.82) is 0 Å². The average Bonchev–Trinajstić information content (AvgIpc) is 2.25. The number of nitrogens with one attached hydrogen (secondary N) is 1. The predicted octanol–water partition coefficient (Wildman–Crippen LogP) is 3.52. The van der Waals surface area contributed by atoms with Gasteiger partial charge in [-0.1, -0.05) is 39.3 Å². The molecule has 84 valence electrons. The molecule has 0 amide bonds. The second-order valence-electron chi connectivity index (χ2n) is 3.98. The van der Waals surface area contributed by atoms with E-state index in [1.54, 1.807) is 12.1 Å². The molecule has 1 rings (SSSR count). The van der Waals surface area contributed by atoms with E-state index >= 15 is 0 Å². The van der Waals surface area contributed by atoms with Crippen LogP contribution in [0.25, 0.3) is 0 Å². The number of benzene rings is 1. The van der Waals surface area contributed by atoms with E-state index in [1.165, 1.54) is 6.07 Å². The highest BCUT2D eigenvalue weighted by Crippen LogP contribution is 2.24. The molecule has 2 atom stereocenters. The van der Waals surface area contributed by atoms with Gasteiger partial charge in [-0.2, -0.15) is 0 Å². The SMILES string of the molecule is CCNC(c1cccc(F)c1)C(C)CC. The fourth-order valence-corrected chi connectivity index (χ4v) is 1.80. The van der Waals surface area contributed by atoms with Crippen molar-refractivity contribution in [3.8, 4) is 0 Å². The van der Waals surface area contributed by atoms with Gasteiger partial charge in [-0.25, -0.2) is 4.39 Å². The van der Waals surface area contributed by atoms with Gasteiger partial charge < -0.3 is 5.32 Å². The Kier molecular flexibility index (Phi) is 4.76. The Morgan fingerprint density at radius 3 is 2.60 bits per heavy atom. The number of halogens is 1. The van der Waals surface area contributed by atoms with Gasteiger partial charge in [0.2, 0.25) is 0 Å². The molecule has 0 aromatic heterocycles. The molecule has 2 heteroatoms. The zero-order chi connectivity index (χ0) is 11.3. The van der Waals surface area contributed by atoms with Crippen LogP contribution in [0.3, 0.4) is 0 Å². The quantitative estimate of drug-likeness (QED) is 0.782. The highest BCUT2D eigenvalue weighted by molar-refractivity contribution is 5.20. The van der Waals surface area contributed by atoms with Crippen LogP contribution >= 0.6 is 0 Å². The molecule has 0 aliphatic carbocycles. The summed E-state index contributed by atoms with van der Waals surface area (Å²) >= 11 is 0. The maximum Gasteiger partial charge on any atom is 0.123 e. The van der Waals surface area contributed by atoms with Crippen LogP contribution in [-0.2, 0) is 0 Å². The summed E-state index contributed by atoms with van der Waals surface area (Å²) in [5, 5.41) is 3.41. The van der Waals surface area contributed by atoms with Crippen molar-refractivity contribution in [3.05, 3.63) is 35.6 Å². The van der Waals surface area contributed by atoms with Crippen LogP contribution < -0.4 is 5.32 Å². The standard InChI is InChI=1S/C13H20FN/c1-4-10(3)13(15-5-2)11-7-6-8-12(14)9-11/h6-10,13,15H,4-5H2,1-3H3. The number of hydrogen-bond acceptors (Lipinski definition) is 1. The van der Waals surface area contributed by atoms with Gasteiger partial charge in [-0.3, -0.25) is 0 Å². The molecule has 0 fully saturated rings. The van der Waals surface area contributed by atoms with Gasteiger partial charge in [-0.15, -0.1) is 0 Å². The Morgan fingerprint density at radius 2 is 2.07 bits per heavy atom. The third-order valence-corrected chi connectivity index (χ3v) is 2.84. The van der Waals surface area contributed by atoms with E-state index in [1.807, 2.05) is 6.07 Å². The first-order valence-corrected chi connectivity index (χ1v) is 5.67. The third kappa shape index (κ3) is 3.31. The smallest absolute Gasteiger partial charge is 0.123 e. The van der Waals surface area contributed by atoms with E-state index in [0.29, 0.717) is 5.92 Å². The van der Waals surface area contributed by atoms with E-state index in [9.17, 15) is 4.39 Å². The lowest BCUT2D eigenvalue weighted by Crippen LogP contribution is -2.26. The molecule has 0 aliphatic rings. The Morgan fingerprint density at radius 1 is 1.33 bits per heavy atom. The van der Waals surface area contributed by atoms with Crippen molar-refractivity contribution < 1.29 is 4.39 Å². The van der Waals surface area contributed by atoms with Crippen molar-refractivity contribution in [1.82, 2.24) is 5.32 Å². The summed E-state index contributed by atoms with van der Waals surface area (Å²) in [6, 6.07) is 7.14. The van der Waals surface area contributed by atoms with Crippen LogP contribution in [0.5, 0.6) is 0 Å². The van der Waals surface area contributed by atoms with Crippen LogP contribution in [0, 0.1) is 11.7 Å². The molecule has 15 heavy (non-hydrogen) atoms. The minimum atomic E-state index is -0.154. The van der Waals surface area contributed by atoms with E-state index in [-0.39, 0.29) is 11.9 Å². The van der Waals surface area contributed by atoms with Crippen LogP contribution in [0.4, 0.5) is 4.39 Å². The zero-order valence-corrected chi connectivity index (χ0v) is 9.76. The highest BCUT2D eigenvalue weighted by atomic mass is 19.1. The van der Waals surface area contributed by atoms with E-state index in [0.717, 1.165) is 18.5 Å². The molecule has 0 heterocycles. The average molecular weight is 209 g/mol. The summed E-state index contributed by atoms with van der Waals surface area (Å²) in [4.78, 5) is 0. The second kappa shape index (κ2) is 5.86. The van der Waals surface area contributed by atoms with Gasteiger partial charge in [0.25, 0.3) is 0 Å². The first kappa shape index (κ1) is 12.2. The monoisotopic (exact) mass is 209 g/mol. The van der Waals surface area contributed by atoms with E-state index in [2.05, 4.69) is 26.1 Å². The zero-order valence-electron chi connectivity index (χ0n) is 9.76. The molecule has 1 N–H and O–H groups in total. The summed E-state index contributed by atoms with van der Waals surface area (Å²) in [6.07, 6.45) is 1.09. The van der Waals surface area contributed by atoms with Crippen molar-refractivity contribution in [2.24, 2.45) is 5.92 Å². The molecule has 0 saturated carbocycles. The molecule has 0 radical (unpaired) electrons. The Bertz CT molecular complexity index is 298. The number of hydrogen-bond donors (Lipinski definition) is 1. The lowest BCUT2D eigenvalue weighted by atomic mass is 9.92. The summed E-state index contributed by atoms with van der Waals surface area (Å²) < 4.78 is 13.1. The fraction of sp³-hybridized carbons (Fsp3) is 0.538. The van der Waals surface area contributed by atoms with Crippen molar-refractivity contribution in [3.63, 3.8) is 0 Å². The van der Waals surface area contributed by atoms with Gasteiger partial charge in [0.15, 0.2) is 0 Å². The summed E-state index contributed by atoms with van der Waals surface area (Å²) in [5.41, 5.74) is 1.05. The second-order valence-corrected chi connectivity index (χ2v) is 3.98. The molecule has 2 unspecified atom stereocenters. The first-order valence-electron chi connectivity index (χ1n) is 5.67. The van der Waals surface area contributed by atoms with Crippen molar-refractivity contribution >= 4 is 0 Å². The maximum absolute atomic E-state index is 13.1. The Hall–Kier alpha value is -0.890. The van der Waals surface area contributed by atoms with Crippen LogP contribution in [0.2, 0.25) is 0 Å². The highest BCUT2D eigenvalue weighted by Gasteiger charge is 2.16. The van der Waals surface area contributed by atoms with Gasteiger partial charge in [0.05, 0.1) is 0 Å². The van der Waals surface area contributed by atoms with Crippen LogP contribution in [0.1, 0.15) is 38.8 Å². The van der Waals surface area contributed by atoms with Gasteiger partial charge >= 0.3 is 0 Å². The molecule has 1 aromatic rings. The molecular formula is C13H20FN. The Balaban J connectivity index is 2.88. The van der Waals surface area contributed by atoms with Crippen molar-refractivity contribution in [2.75, 3.05) is 6.54 Å². The molecule has 0 saturated heterocycles. The minimum Gasteiger partial charge on any atom is -0.310 e. The van der Waals surface area contributed by atoms with Crippen molar-refractivity contribution in [2.45, 2.75) is 33.2 Å².